The fraction of sp³-hybridized carbons (Fsp3) is 0.333. The van der Waals surface area contributed by atoms with Crippen LogP contribution in [0.2, 0.25) is 5.02 Å². The first-order valence-electron chi connectivity index (χ1n) is 7.86. The molecule has 0 aliphatic heterocycles. The molecule has 3 rings (SSSR count). The Morgan fingerprint density at radius 1 is 1.17 bits per heavy atom. The van der Waals surface area contributed by atoms with Crippen LogP contribution in [0.15, 0.2) is 48.7 Å². The number of thioether (sulfide) groups is 1. The van der Waals surface area contributed by atoms with E-state index in [2.05, 4.69) is 10.3 Å². The molecule has 1 aromatic heterocycles. The van der Waals surface area contributed by atoms with Crippen LogP contribution >= 0.6 is 23.4 Å². The topological polar surface area (TPSA) is 42.0 Å². The van der Waals surface area contributed by atoms with E-state index in [0.717, 1.165) is 5.56 Å². The summed E-state index contributed by atoms with van der Waals surface area (Å²) in [6.07, 6.45) is 6.50. The Bertz CT molecular complexity index is 659. The Morgan fingerprint density at radius 2 is 1.91 bits per heavy atom. The number of halogens is 1. The number of amides is 1. The van der Waals surface area contributed by atoms with Gasteiger partial charge in [0.1, 0.15) is 11.1 Å². The number of aromatic nitrogens is 1. The SMILES string of the molecule is O=C(Nc1ccccn1)C(SC1CCCC1)c1ccccc1Cl. The molecule has 1 saturated carbocycles. The first-order valence-corrected chi connectivity index (χ1v) is 9.18. The van der Waals surface area contributed by atoms with E-state index in [1.807, 2.05) is 36.4 Å². The third-order valence-electron chi connectivity index (χ3n) is 3.97. The average molecular weight is 347 g/mol. The number of nitrogens with zero attached hydrogens (tertiary/aromatic N) is 1. The number of benzene rings is 1. The van der Waals surface area contributed by atoms with Crippen molar-refractivity contribution >= 4 is 35.1 Å². The van der Waals surface area contributed by atoms with Crippen molar-refractivity contribution in [2.75, 3.05) is 5.32 Å². The summed E-state index contributed by atoms with van der Waals surface area (Å²) < 4.78 is 0. The van der Waals surface area contributed by atoms with Crippen molar-refractivity contribution in [3.63, 3.8) is 0 Å². The largest absolute Gasteiger partial charge is 0.309 e. The van der Waals surface area contributed by atoms with Gasteiger partial charge in [0, 0.05) is 16.5 Å². The van der Waals surface area contributed by atoms with Crippen LogP contribution in [0.25, 0.3) is 0 Å². The van der Waals surface area contributed by atoms with Gasteiger partial charge < -0.3 is 5.32 Å². The molecule has 0 bridgehead atoms. The van der Waals surface area contributed by atoms with E-state index >= 15 is 0 Å². The van der Waals surface area contributed by atoms with Crippen LogP contribution in [0, 0.1) is 0 Å². The number of carbonyl (C=O) groups is 1. The van der Waals surface area contributed by atoms with Gasteiger partial charge in [0.25, 0.3) is 0 Å². The third-order valence-corrected chi connectivity index (χ3v) is 5.91. The summed E-state index contributed by atoms with van der Waals surface area (Å²) in [5.41, 5.74) is 0.875. The zero-order valence-electron chi connectivity index (χ0n) is 12.7. The minimum Gasteiger partial charge on any atom is -0.309 e. The van der Waals surface area contributed by atoms with Crippen molar-refractivity contribution in [3.05, 3.63) is 59.2 Å². The van der Waals surface area contributed by atoms with Gasteiger partial charge in [0.05, 0.1) is 0 Å². The van der Waals surface area contributed by atoms with Gasteiger partial charge in [0.2, 0.25) is 5.91 Å². The number of carbonyl (C=O) groups excluding carboxylic acids is 1. The molecule has 0 radical (unpaired) electrons. The van der Waals surface area contributed by atoms with Gasteiger partial charge in [-0.3, -0.25) is 4.79 Å². The molecular weight excluding hydrogens is 328 g/mol. The monoisotopic (exact) mass is 346 g/mol. The molecule has 1 aliphatic carbocycles. The Labute approximate surface area is 145 Å². The van der Waals surface area contributed by atoms with E-state index in [0.29, 0.717) is 16.1 Å². The molecule has 3 nitrogen and oxygen atoms in total. The Hall–Kier alpha value is -1.52. The van der Waals surface area contributed by atoms with Gasteiger partial charge in [-0.05, 0) is 36.6 Å². The van der Waals surface area contributed by atoms with E-state index in [-0.39, 0.29) is 11.2 Å². The number of pyridine rings is 1. The number of hydrogen-bond donors (Lipinski definition) is 1. The van der Waals surface area contributed by atoms with Gasteiger partial charge >= 0.3 is 0 Å². The molecule has 1 atom stereocenters. The Morgan fingerprint density at radius 3 is 2.61 bits per heavy atom. The molecule has 1 N–H and O–H groups in total. The molecule has 1 unspecified atom stereocenters. The zero-order chi connectivity index (χ0) is 16.1. The van der Waals surface area contributed by atoms with Crippen molar-refractivity contribution in [1.29, 1.82) is 0 Å². The predicted octanol–water partition coefficient (Wildman–Crippen LogP) is 5.09. The first kappa shape index (κ1) is 16.3. The molecule has 1 heterocycles. The lowest BCUT2D eigenvalue weighted by Crippen LogP contribution is -2.21. The van der Waals surface area contributed by atoms with Gasteiger partial charge in [-0.1, -0.05) is 48.7 Å². The minimum atomic E-state index is -0.311. The minimum absolute atomic E-state index is 0.0614. The van der Waals surface area contributed by atoms with Crippen molar-refractivity contribution in [2.45, 2.75) is 36.2 Å². The van der Waals surface area contributed by atoms with E-state index in [9.17, 15) is 4.79 Å². The lowest BCUT2D eigenvalue weighted by atomic mass is 10.1. The summed E-state index contributed by atoms with van der Waals surface area (Å²) in [4.78, 5) is 17.0. The molecule has 0 spiro atoms. The number of rotatable bonds is 5. The Kier molecular flexibility index (Phi) is 5.57. The fourth-order valence-electron chi connectivity index (χ4n) is 2.81. The summed E-state index contributed by atoms with van der Waals surface area (Å²) in [6, 6.07) is 13.1. The smallest absolute Gasteiger partial charge is 0.243 e. The predicted molar refractivity (Wildman–Crippen MR) is 96.9 cm³/mol. The molecule has 1 fully saturated rings. The molecule has 1 amide bonds. The van der Waals surface area contributed by atoms with Crippen molar-refractivity contribution in [2.24, 2.45) is 0 Å². The summed E-state index contributed by atoms with van der Waals surface area (Å²) in [5, 5.41) is 3.76. The molecule has 1 aliphatic rings. The van der Waals surface area contributed by atoms with Crippen LogP contribution in [-0.2, 0) is 4.79 Å². The second-order valence-corrected chi connectivity index (χ2v) is 7.47. The number of nitrogens with one attached hydrogen (secondary N) is 1. The lowest BCUT2D eigenvalue weighted by Gasteiger charge is -2.21. The number of hydrogen-bond acceptors (Lipinski definition) is 3. The van der Waals surface area contributed by atoms with Crippen LogP contribution in [0.3, 0.4) is 0 Å². The van der Waals surface area contributed by atoms with E-state index < -0.39 is 0 Å². The molecule has 5 heteroatoms. The van der Waals surface area contributed by atoms with Gasteiger partial charge in [-0.25, -0.2) is 4.98 Å². The summed E-state index contributed by atoms with van der Waals surface area (Å²) in [7, 11) is 0. The average Bonchev–Trinajstić information content (AvgIpc) is 3.07. The quantitative estimate of drug-likeness (QED) is 0.819. The highest BCUT2D eigenvalue weighted by atomic mass is 35.5. The Balaban J connectivity index is 1.82. The van der Waals surface area contributed by atoms with Gasteiger partial charge in [-0.2, -0.15) is 0 Å². The van der Waals surface area contributed by atoms with E-state index in [1.54, 1.807) is 24.0 Å². The molecule has 1 aromatic carbocycles. The second kappa shape index (κ2) is 7.84. The van der Waals surface area contributed by atoms with Crippen LogP contribution in [-0.4, -0.2) is 16.1 Å². The fourth-order valence-corrected chi connectivity index (χ4v) is 4.64. The van der Waals surface area contributed by atoms with Crippen LogP contribution in [0.1, 0.15) is 36.5 Å². The van der Waals surface area contributed by atoms with Crippen molar-refractivity contribution in [3.8, 4) is 0 Å². The van der Waals surface area contributed by atoms with Crippen molar-refractivity contribution in [1.82, 2.24) is 4.98 Å². The van der Waals surface area contributed by atoms with E-state index in [1.165, 1.54) is 25.7 Å². The number of anilines is 1. The molecule has 120 valence electrons. The summed E-state index contributed by atoms with van der Waals surface area (Å²) in [6.45, 7) is 0. The highest BCUT2D eigenvalue weighted by Crippen LogP contribution is 2.42. The maximum atomic E-state index is 12.8. The normalized spacial score (nSPS) is 16.2. The molecule has 23 heavy (non-hydrogen) atoms. The zero-order valence-corrected chi connectivity index (χ0v) is 14.3. The third kappa shape index (κ3) is 4.27. The lowest BCUT2D eigenvalue weighted by molar-refractivity contribution is -0.115. The summed E-state index contributed by atoms with van der Waals surface area (Å²) >= 11 is 8.07. The second-order valence-electron chi connectivity index (χ2n) is 5.65. The van der Waals surface area contributed by atoms with Crippen LogP contribution in [0.4, 0.5) is 5.82 Å². The van der Waals surface area contributed by atoms with Crippen LogP contribution < -0.4 is 5.32 Å². The maximum absolute atomic E-state index is 12.8. The highest BCUT2D eigenvalue weighted by molar-refractivity contribution is 8.00. The van der Waals surface area contributed by atoms with Crippen LogP contribution in [0.5, 0.6) is 0 Å². The standard InChI is InChI=1S/C18H19ClN2OS/c19-15-10-4-3-9-14(15)17(23-13-7-1-2-8-13)18(22)21-16-11-5-6-12-20-16/h3-6,9-13,17H,1-2,7-8H2,(H,20,21,22). The highest BCUT2D eigenvalue weighted by Gasteiger charge is 2.28. The molecule has 0 saturated heterocycles. The molecular formula is C18H19ClN2OS. The van der Waals surface area contributed by atoms with Gasteiger partial charge in [-0.15, -0.1) is 11.8 Å². The maximum Gasteiger partial charge on any atom is 0.243 e. The van der Waals surface area contributed by atoms with E-state index in [4.69, 9.17) is 11.6 Å². The summed E-state index contributed by atoms with van der Waals surface area (Å²) in [5.74, 6) is 0.510. The molecule has 2 aromatic rings. The van der Waals surface area contributed by atoms with Gasteiger partial charge in [0.15, 0.2) is 0 Å². The van der Waals surface area contributed by atoms with Crippen molar-refractivity contribution < 1.29 is 4.79 Å². The first-order chi connectivity index (χ1) is 11.2.